The zero-order valence-electron chi connectivity index (χ0n) is 12.3. The van der Waals surface area contributed by atoms with Crippen molar-refractivity contribution in [1.82, 2.24) is 0 Å². The van der Waals surface area contributed by atoms with Crippen LogP contribution in [0.15, 0.2) is 71.0 Å². The highest BCUT2D eigenvalue weighted by Crippen LogP contribution is 2.27. The number of allylic oxidation sites excluding steroid dienone is 1. The summed E-state index contributed by atoms with van der Waals surface area (Å²) in [6, 6.07) is 16.0. The van der Waals surface area contributed by atoms with Gasteiger partial charge in [0.2, 0.25) is 0 Å². The van der Waals surface area contributed by atoms with Gasteiger partial charge in [0.15, 0.2) is 0 Å². The Hall–Kier alpha value is -1.62. The van der Waals surface area contributed by atoms with Crippen LogP contribution in [0.2, 0.25) is 5.02 Å². The van der Waals surface area contributed by atoms with Crippen molar-refractivity contribution in [3.05, 3.63) is 76.1 Å². The van der Waals surface area contributed by atoms with Crippen LogP contribution in [0.3, 0.4) is 0 Å². The Morgan fingerprint density at radius 2 is 1.83 bits per heavy atom. The van der Waals surface area contributed by atoms with E-state index in [1.165, 1.54) is 11.3 Å². The summed E-state index contributed by atoms with van der Waals surface area (Å²) in [7, 11) is 0. The van der Waals surface area contributed by atoms with E-state index in [9.17, 15) is 0 Å². The Labute approximate surface area is 153 Å². The van der Waals surface area contributed by atoms with Gasteiger partial charge in [0.05, 0.1) is 0 Å². The molecule has 5 heteroatoms. The molecule has 0 radical (unpaired) electrons. The van der Waals surface area contributed by atoms with Gasteiger partial charge in [-0.2, -0.15) is 0 Å². The maximum absolute atomic E-state index is 5.95. The number of halogens is 2. The van der Waals surface area contributed by atoms with E-state index in [2.05, 4.69) is 62.0 Å². The monoisotopic (exact) mass is 405 g/mol. The van der Waals surface area contributed by atoms with E-state index in [0.717, 1.165) is 26.9 Å². The summed E-state index contributed by atoms with van der Waals surface area (Å²) in [5.41, 5.74) is 3.35. The largest absolute Gasteiger partial charge is 0.339 e. The van der Waals surface area contributed by atoms with E-state index in [-0.39, 0.29) is 0 Å². The fourth-order valence-electron chi connectivity index (χ4n) is 2.26. The molecule has 3 aromatic rings. The highest BCUT2D eigenvalue weighted by atomic mass is 79.9. The lowest BCUT2D eigenvalue weighted by atomic mass is 10.2. The molecule has 0 saturated carbocycles. The summed E-state index contributed by atoms with van der Waals surface area (Å²) in [6.45, 7) is 4.62. The van der Waals surface area contributed by atoms with Crippen LogP contribution in [0.5, 0.6) is 0 Å². The molecule has 0 fully saturated rings. The highest BCUT2D eigenvalue weighted by molar-refractivity contribution is 9.10. The fourth-order valence-corrected chi connectivity index (χ4v) is 3.61. The van der Waals surface area contributed by atoms with E-state index >= 15 is 0 Å². The lowest BCUT2D eigenvalue weighted by Crippen LogP contribution is -2.35. The van der Waals surface area contributed by atoms with E-state index < -0.39 is 0 Å². The van der Waals surface area contributed by atoms with Crippen LogP contribution in [-0.4, -0.2) is 0 Å². The van der Waals surface area contributed by atoms with Crippen molar-refractivity contribution in [2.75, 3.05) is 5.32 Å². The van der Waals surface area contributed by atoms with Crippen molar-refractivity contribution in [3.63, 3.8) is 0 Å². The van der Waals surface area contributed by atoms with E-state index in [1.54, 1.807) is 11.3 Å². The van der Waals surface area contributed by atoms with Crippen LogP contribution in [0.25, 0.3) is 11.3 Å². The smallest absolute Gasteiger partial charge is 0.231 e. The normalized spacial score (nSPS) is 10.5. The maximum Gasteiger partial charge on any atom is 0.339 e. The average molecular weight is 407 g/mol. The molecule has 116 valence electrons. The topological polar surface area (TPSA) is 15.9 Å². The molecule has 0 amide bonds. The molecule has 2 aromatic carbocycles. The second kappa shape index (κ2) is 7.30. The van der Waals surface area contributed by atoms with Crippen LogP contribution in [0.4, 0.5) is 10.8 Å². The molecule has 1 aromatic heterocycles. The van der Waals surface area contributed by atoms with E-state index in [0.29, 0.717) is 0 Å². The van der Waals surface area contributed by atoms with Gasteiger partial charge in [0.1, 0.15) is 17.9 Å². The summed E-state index contributed by atoms with van der Waals surface area (Å²) < 4.78 is 3.29. The van der Waals surface area contributed by atoms with Gasteiger partial charge >= 0.3 is 5.13 Å². The summed E-state index contributed by atoms with van der Waals surface area (Å²) in [5, 5.41) is 7.40. The molecule has 0 bridgehead atoms. The van der Waals surface area contributed by atoms with Crippen molar-refractivity contribution in [3.8, 4) is 11.3 Å². The van der Waals surface area contributed by atoms with Crippen LogP contribution in [0.1, 0.15) is 0 Å². The van der Waals surface area contributed by atoms with Crippen molar-refractivity contribution in [2.24, 2.45) is 0 Å². The Kier molecular flexibility index (Phi) is 5.16. The number of aromatic nitrogens is 1. The van der Waals surface area contributed by atoms with Gasteiger partial charge in [0, 0.05) is 20.4 Å². The first kappa shape index (κ1) is 16.2. The van der Waals surface area contributed by atoms with Gasteiger partial charge in [0.25, 0.3) is 0 Å². The molecule has 2 nitrogen and oxygen atoms in total. The molecule has 0 aliphatic carbocycles. The predicted molar refractivity (Wildman–Crippen MR) is 103 cm³/mol. The molecule has 0 saturated heterocycles. The lowest BCUT2D eigenvalue weighted by molar-refractivity contribution is -0.657. The second-order valence-corrected chi connectivity index (χ2v) is 7.17. The SMILES string of the molecule is C=CC[n+]1c(-c2ccc(Br)cc2)csc1Nc1ccc(Cl)cc1. The molecule has 1 N–H and O–H groups in total. The van der Waals surface area contributed by atoms with Crippen molar-refractivity contribution < 1.29 is 4.57 Å². The summed E-state index contributed by atoms with van der Waals surface area (Å²) in [4.78, 5) is 0. The standard InChI is InChI=1S/C18H14BrClN2S/c1-2-11-22-17(13-3-5-14(19)6-4-13)12-23-18(22)21-16-9-7-15(20)8-10-16/h2-10,12H,1,11H2/p+1. The van der Waals surface area contributed by atoms with Crippen LogP contribution < -0.4 is 9.88 Å². The van der Waals surface area contributed by atoms with E-state index in [1.807, 2.05) is 30.3 Å². The molecular weight excluding hydrogens is 392 g/mol. The molecule has 3 rings (SSSR count). The van der Waals surface area contributed by atoms with Gasteiger partial charge in [-0.3, -0.25) is 0 Å². The molecule has 0 aliphatic rings. The molecule has 23 heavy (non-hydrogen) atoms. The minimum atomic E-state index is 0.733. The van der Waals surface area contributed by atoms with Gasteiger partial charge in [-0.1, -0.05) is 51.5 Å². The number of nitrogens with one attached hydrogen (secondary N) is 1. The quantitative estimate of drug-likeness (QED) is 0.403. The molecule has 0 aliphatic heterocycles. The maximum atomic E-state index is 5.95. The Morgan fingerprint density at radius 3 is 2.48 bits per heavy atom. The third-order valence-electron chi connectivity index (χ3n) is 3.37. The van der Waals surface area contributed by atoms with Crippen LogP contribution in [-0.2, 0) is 6.54 Å². The Morgan fingerprint density at radius 1 is 1.13 bits per heavy atom. The number of rotatable bonds is 5. The predicted octanol–water partition coefficient (Wildman–Crippen LogP) is 6.05. The first-order valence-corrected chi connectivity index (χ1v) is 9.13. The number of nitrogens with zero attached hydrogens (tertiary/aromatic N) is 1. The summed E-state index contributed by atoms with van der Waals surface area (Å²) >= 11 is 11.1. The molecular formula is C18H15BrClN2S+. The number of hydrogen-bond donors (Lipinski definition) is 1. The molecule has 0 atom stereocenters. The number of benzene rings is 2. The minimum Gasteiger partial charge on any atom is -0.231 e. The third-order valence-corrected chi connectivity index (χ3v) is 5.03. The van der Waals surface area contributed by atoms with Gasteiger partial charge < -0.3 is 0 Å². The molecule has 1 heterocycles. The lowest BCUT2D eigenvalue weighted by Gasteiger charge is -2.04. The fraction of sp³-hybridized carbons (Fsp3) is 0.0556. The Balaban J connectivity index is 1.96. The van der Waals surface area contributed by atoms with Gasteiger partial charge in [-0.15, -0.1) is 0 Å². The summed E-state index contributed by atoms with van der Waals surface area (Å²) in [6.07, 6.45) is 1.90. The number of hydrogen-bond acceptors (Lipinski definition) is 2. The molecule has 0 spiro atoms. The number of thiazole rings is 1. The van der Waals surface area contributed by atoms with E-state index in [4.69, 9.17) is 11.6 Å². The summed E-state index contributed by atoms with van der Waals surface area (Å²) in [5.74, 6) is 0. The van der Waals surface area contributed by atoms with Crippen molar-refractivity contribution in [2.45, 2.75) is 6.54 Å². The van der Waals surface area contributed by atoms with Crippen molar-refractivity contribution in [1.29, 1.82) is 0 Å². The van der Waals surface area contributed by atoms with Gasteiger partial charge in [-0.05, 0) is 48.5 Å². The zero-order chi connectivity index (χ0) is 16.2. The first-order valence-electron chi connectivity index (χ1n) is 7.08. The first-order chi connectivity index (χ1) is 11.2. The zero-order valence-corrected chi connectivity index (χ0v) is 15.5. The van der Waals surface area contributed by atoms with Crippen LogP contribution in [0, 0.1) is 0 Å². The minimum absolute atomic E-state index is 0.733. The Bertz CT molecular complexity index is 810. The number of anilines is 2. The second-order valence-electron chi connectivity index (χ2n) is 4.96. The highest BCUT2D eigenvalue weighted by Gasteiger charge is 2.18. The molecule has 0 unspecified atom stereocenters. The van der Waals surface area contributed by atoms with Gasteiger partial charge in [-0.25, -0.2) is 9.88 Å². The third kappa shape index (κ3) is 3.83. The van der Waals surface area contributed by atoms with Crippen molar-refractivity contribution >= 4 is 49.7 Å². The van der Waals surface area contributed by atoms with Crippen LogP contribution >= 0.6 is 38.9 Å². The average Bonchev–Trinajstić information content (AvgIpc) is 2.94.